The lowest BCUT2D eigenvalue weighted by atomic mass is 10.3. The van der Waals surface area contributed by atoms with E-state index in [1.165, 1.54) is 6.21 Å². The molecule has 0 atom stereocenters. The number of amides is 1. The third-order valence-corrected chi connectivity index (χ3v) is 1.89. The van der Waals surface area contributed by atoms with E-state index in [4.69, 9.17) is 0 Å². The molecule has 0 saturated heterocycles. The van der Waals surface area contributed by atoms with Crippen molar-refractivity contribution in [2.75, 3.05) is 0 Å². The van der Waals surface area contributed by atoms with Crippen molar-refractivity contribution in [3.63, 3.8) is 0 Å². The smallest absolute Gasteiger partial charge is 0.289 e. The van der Waals surface area contributed by atoms with E-state index in [-0.39, 0.29) is 5.91 Å². The number of hydrogen-bond acceptors (Lipinski definition) is 3. The quantitative estimate of drug-likeness (QED) is 0.594. The molecule has 1 amide bonds. The van der Waals surface area contributed by atoms with Gasteiger partial charge in [0.15, 0.2) is 0 Å². The van der Waals surface area contributed by atoms with E-state index in [9.17, 15) is 4.79 Å². The second-order valence-corrected chi connectivity index (χ2v) is 3.04. The Morgan fingerprint density at radius 1 is 1.38 bits per heavy atom. The normalized spacial score (nSPS) is 10.5. The summed E-state index contributed by atoms with van der Waals surface area (Å²) in [5.74, 6) is -0.330. The number of rotatable bonds is 3. The predicted molar refractivity (Wildman–Crippen MR) is 60.1 cm³/mol. The highest BCUT2D eigenvalue weighted by Crippen LogP contribution is 1.93. The molecule has 0 aliphatic heterocycles. The Bertz CT molecular complexity index is 476. The van der Waals surface area contributed by atoms with Crippen LogP contribution in [0.2, 0.25) is 0 Å². The number of hydrogen-bond donors (Lipinski definition) is 2. The summed E-state index contributed by atoms with van der Waals surface area (Å²) in [7, 11) is 0. The number of aromatic nitrogens is 2. The van der Waals surface area contributed by atoms with Gasteiger partial charge >= 0.3 is 0 Å². The van der Waals surface area contributed by atoms with Crippen LogP contribution in [-0.4, -0.2) is 22.1 Å². The van der Waals surface area contributed by atoms with Gasteiger partial charge in [-0.1, -0.05) is 6.07 Å². The highest BCUT2D eigenvalue weighted by molar-refractivity contribution is 5.92. The first-order valence-electron chi connectivity index (χ1n) is 4.74. The van der Waals surface area contributed by atoms with Crippen LogP contribution in [0.4, 0.5) is 0 Å². The highest BCUT2D eigenvalue weighted by atomic mass is 16.2. The van der Waals surface area contributed by atoms with Crippen LogP contribution in [0.5, 0.6) is 0 Å². The number of pyridine rings is 1. The number of carbonyl (C=O) groups is 1. The molecule has 80 valence electrons. The van der Waals surface area contributed by atoms with Gasteiger partial charge in [0.05, 0.1) is 11.9 Å². The van der Waals surface area contributed by atoms with Gasteiger partial charge in [0.2, 0.25) is 0 Å². The van der Waals surface area contributed by atoms with Crippen molar-refractivity contribution in [1.29, 1.82) is 0 Å². The number of hydrazone groups is 1. The molecule has 5 nitrogen and oxygen atoms in total. The molecular formula is C11H10N4O. The zero-order valence-electron chi connectivity index (χ0n) is 8.42. The number of nitrogens with one attached hydrogen (secondary N) is 2. The first-order valence-corrected chi connectivity index (χ1v) is 4.74. The Hall–Kier alpha value is -2.43. The fraction of sp³-hybridized carbons (Fsp3) is 0. The van der Waals surface area contributed by atoms with Gasteiger partial charge in [0, 0.05) is 12.4 Å². The third-order valence-electron chi connectivity index (χ3n) is 1.89. The molecule has 0 bridgehead atoms. The lowest BCUT2D eigenvalue weighted by Gasteiger charge is -1.96. The molecule has 0 spiro atoms. The Balaban J connectivity index is 1.94. The minimum absolute atomic E-state index is 0.330. The van der Waals surface area contributed by atoms with Crippen molar-refractivity contribution in [1.82, 2.24) is 15.4 Å². The molecule has 5 heteroatoms. The zero-order valence-corrected chi connectivity index (χ0v) is 8.42. The summed E-state index contributed by atoms with van der Waals surface area (Å²) in [6, 6.07) is 8.81. The van der Waals surface area contributed by atoms with E-state index >= 15 is 0 Å². The molecule has 2 rings (SSSR count). The van der Waals surface area contributed by atoms with Crippen LogP contribution < -0.4 is 5.43 Å². The number of carbonyl (C=O) groups excluding carboxylic acids is 1. The van der Waals surface area contributed by atoms with Crippen LogP contribution in [0.25, 0.3) is 0 Å². The molecule has 2 aromatic rings. The Morgan fingerprint density at radius 2 is 2.31 bits per heavy atom. The standard InChI is InChI=1S/C11H10N4O/c16-11(10-5-1-2-6-13-10)15-14-8-9-4-3-7-12-9/h1-8,12H,(H,15,16)/b14-8-. The molecule has 2 aromatic heterocycles. The van der Waals surface area contributed by atoms with Crippen molar-refractivity contribution in [3.8, 4) is 0 Å². The van der Waals surface area contributed by atoms with Gasteiger partial charge in [-0.3, -0.25) is 9.78 Å². The summed E-state index contributed by atoms with van der Waals surface area (Å²) in [5.41, 5.74) is 3.54. The molecular weight excluding hydrogens is 204 g/mol. The maximum absolute atomic E-state index is 11.5. The minimum atomic E-state index is -0.330. The van der Waals surface area contributed by atoms with Gasteiger partial charge in [-0.05, 0) is 24.3 Å². The molecule has 2 N–H and O–H groups in total. The number of H-pyrrole nitrogens is 1. The average Bonchev–Trinajstić information content (AvgIpc) is 2.83. The summed E-state index contributed by atoms with van der Waals surface area (Å²) in [4.78, 5) is 18.3. The minimum Gasteiger partial charge on any atom is -0.360 e. The maximum atomic E-state index is 11.5. The molecule has 0 aliphatic carbocycles. The largest absolute Gasteiger partial charge is 0.360 e. The van der Waals surface area contributed by atoms with Crippen LogP contribution >= 0.6 is 0 Å². The average molecular weight is 214 g/mol. The van der Waals surface area contributed by atoms with Gasteiger partial charge < -0.3 is 4.98 Å². The van der Waals surface area contributed by atoms with Crippen LogP contribution in [0.1, 0.15) is 16.2 Å². The SMILES string of the molecule is O=C(N/N=C\c1ccc[nH]1)c1ccccn1. The summed E-state index contributed by atoms with van der Waals surface area (Å²) < 4.78 is 0. The zero-order chi connectivity index (χ0) is 11.2. The lowest BCUT2D eigenvalue weighted by Crippen LogP contribution is -2.18. The first kappa shape index (κ1) is 10.1. The third kappa shape index (κ3) is 2.54. The highest BCUT2D eigenvalue weighted by Gasteiger charge is 2.03. The molecule has 2 heterocycles. The van der Waals surface area contributed by atoms with Crippen molar-refractivity contribution < 1.29 is 4.79 Å². The van der Waals surface area contributed by atoms with Gasteiger partial charge in [0.1, 0.15) is 5.69 Å². The van der Waals surface area contributed by atoms with E-state index in [1.54, 1.807) is 30.6 Å². The summed E-state index contributed by atoms with van der Waals surface area (Å²) >= 11 is 0. The van der Waals surface area contributed by atoms with Gasteiger partial charge in [0.25, 0.3) is 5.91 Å². The molecule has 0 fully saturated rings. The van der Waals surface area contributed by atoms with E-state index in [2.05, 4.69) is 20.5 Å². The second-order valence-electron chi connectivity index (χ2n) is 3.04. The fourth-order valence-corrected chi connectivity index (χ4v) is 1.14. The summed E-state index contributed by atoms with van der Waals surface area (Å²) in [6.45, 7) is 0. The Morgan fingerprint density at radius 3 is 3.00 bits per heavy atom. The van der Waals surface area contributed by atoms with Gasteiger partial charge in [-0.2, -0.15) is 5.10 Å². The maximum Gasteiger partial charge on any atom is 0.289 e. The topological polar surface area (TPSA) is 70.1 Å². The van der Waals surface area contributed by atoms with E-state index < -0.39 is 0 Å². The van der Waals surface area contributed by atoms with Crippen molar-refractivity contribution >= 4 is 12.1 Å². The van der Waals surface area contributed by atoms with Gasteiger partial charge in [-0.25, -0.2) is 5.43 Å². The summed E-state index contributed by atoms with van der Waals surface area (Å²) in [6.07, 6.45) is 4.87. The lowest BCUT2D eigenvalue weighted by molar-refractivity contribution is 0.0950. The molecule has 0 unspecified atom stereocenters. The number of nitrogens with zero attached hydrogens (tertiary/aromatic N) is 2. The fourth-order valence-electron chi connectivity index (χ4n) is 1.14. The van der Waals surface area contributed by atoms with Crippen LogP contribution in [0.3, 0.4) is 0 Å². The van der Waals surface area contributed by atoms with Crippen molar-refractivity contribution in [3.05, 3.63) is 54.1 Å². The van der Waals surface area contributed by atoms with E-state index in [1.807, 2.05) is 12.1 Å². The first-order chi connectivity index (χ1) is 7.86. The van der Waals surface area contributed by atoms with Crippen molar-refractivity contribution in [2.24, 2.45) is 5.10 Å². The predicted octanol–water partition coefficient (Wildman–Crippen LogP) is 1.17. The molecule has 0 aliphatic rings. The Labute approximate surface area is 92.2 Å². The second kappa shape index (κ2) is 4.88. The molecule has 0 saturated carbocycles. The van der Waals surface area contributed by atoms with Crippen LogP contribution in [0, 0.1) is 0 Å². The molecule has 0 aromatic carbocycles. The summed E-state index contributed by atoms with van der Waals surface area (Å²) in [5, 5.41) is 3.79. The Kier molecular flexibility index (Phi) is 3.08. The molecule has 0 radical (unpaired) electrons. The monoisotopic (exact) mass is 214 g/mol. The van der Waals surface area contributed by atoms with E-state index in [0.29, 0.717) is 5.69 Å². The van der Waals surface area contributed by atoms with Crippen molar-refractivity contribution in [2.45, 2.75) is 0 Å². The van der Waals surface area contributed by atoms with Crippen LogP contribution in [0.15, 0.2) is 47.8 Å². The molecule has 16 heavy (non-hydrogen) atoms. The van der Waals surface area contributed by atoms with E-state index in [0.717, 1.165) is 5.69 Å². The van der Waals surface area contributed by atoms with Crippen LogP contribution in [-0.2, 0) is 0 Å². The van der Waals surface area contributed by atoms with Gasteiger partial charge in [-0.15, -0.1) is 0 Å². The number of aromatic amines is 1.